The molecule has 2 heteroatoms. The molecule has 0 spiro atoms. The second kappa shape index (κ2) is 6.66. The second-order valence-electron chi connectivity index (χ2n) is 4.25. The van der Waals surface area contributed by atoms with Gasteiger partial charge in [-0.2, -0.15) is 0 Å². The van der Waals surface area contributed by atoms with E-state index in [4.69, 9.17) is 0 Å². The van der Waals surface area contributed by atoms with Gasteiger partial charge in [-0.3, -0.25) is 0 Å². The molecule has 0 saturated heterocycles. The normalized spacial score (nSPS) is 13.1. The molecule has 0 radical (unpaired) electrons. The van der Waals surface area contributed by atoms with Gasteiger partial charge in [0, 0.05) is 6.54 Å². The zero-order chi connectivity index (χ0) is 12.0. The molecule has 90 valence electrons. The van der Waals surface area contributed by atoms with Gasteiger partial charge in [0.25, 0.3) is 0 Å². The lowest BCUT2D eigenvalue weighted by atomic mass is 10.0. The number of rotatable bonds is 6. The predicted molar refractivity (Wildman–Crippen MR) is 68.5 cm³/mol. The van der Waals surface area contributed by atoms with Gasteiger partial charge in [-0.15, -0.1) is 0 Å². The van der Waals surface area contributed by atoms with Crippen LogP contribution in [0, 0.1) is 6.92 Å². The van der Waals surface area contributed by atoms with E-state index in [1.807, 2.05) is 12.1 Å². The van der Waals surface area contributed by atoms with E-state index in [0.717, 1.165) is 31.6 Å². The molecule has 0 aliphatic carbocycles. The summed E-state index contributed by atoms with van der Waals surface area (Å²) in [5, 5.41) is 10.1. The third kappa shape index (κ3) is 3.95. The maximum Gasteiger partial charge on any atom is 0.0802 e. The van der Waals surface area contributed by atoms with Crippen molar-refractivity contribution in [3.63, 3.8) is 0 Å². The standard InChI is InChI=1S/C14H23NO/c1-4-15(5-2)10-9-14(16)13-8-6-7-12(3)11-13/h6-8,11,14,16H,4-5,9-10H2,1-3H3. The van der Waals surface area contributed by atoms with Gasteiger partial charge in [0.2, 0.25) is 0 Å². The first kappa shape index (κ1) is 13.2. The van der Waals surface area contributed by atoms with Crippen LogP contribution in [0.4, 0.5) is 0 Å². The van der Waals surface area contributed by atoms with Crippen LogP contribution in [0.5, 0.6) is 0 Å². The van der Waals surface area contributed by atoms with Crippen molar-refractivity contribution < 1.29 is 5.11 Å². The van der Waals surface area contributed by atoms with Crippen LogP contribution in [-0.4, -0.2) is 29.6 Å². The molecule has 0 bridgehead atoms. The molecule has 0 aliphatic heterocycles. The van der Waals surface area contributed by atoms with Crippen molar-refractivity contribution >= 4 is 0 Å². The summed E-state index contributed by atoms with van der Waals surface area (Å²) in [5.41, 5.74) is 2.24. The van der Waals surface area contributed by atoms with Crippen LogP contribution in [0.1, 0.15) is 37.5 Å². The Morgan fingerprint density at radius 3 is 2.50 bits per heavy atom. The van der Waals surface area contributed by atoms with E-state index in [2.05, 4.69) is 37.8 Å². The Balaban J connectivity index is 2.49. The maximum absolute atomic E-state index is 10.1. The first-order valence-electron chi connectivity index (χ1n) is 6.14. The fourth-order valence-electron chi connectivity index (χ4n) is 1.89. The first-order chi connectivity index (χ1) is 7.67. The highest BCUT2D eigenvalue weighted by atomic mass is 16.3. The molecule has 1 N–H and O–H groups in total. The molecular formula is C14H23NO. The molecular weight excluding hydrogens is 198 g/mol. The summed E-state index contributed by atoms with van der Waals surface area (Å²) < 4.78 is 0. The SMILES string of the molecule is CCN(CC)CCC(O)c1cccc(C)c1. The highest BCUT2D eigenvalue weighted by molar-refractivity contribution is 5.23. The van der Waals surface area contributed by atoms with Crippen molar-refractivity contribution in [2.75, 3.05) is 19.6 Å². The molecule has 1 aromatic rings. The van der Waals surface area contributed by atoms with Crippen LogP contribution >= 0.6 is 0 Å². The third-order valence-corrected chi connectivity index (χ3v) is 3.04. The van der Waals surface area contributed by atoms with Gasteiger partial charge >= 0.3 is 0 Å². The minimum absolute atomic E-state index is 0.333. The quantitative estimate of drug-likeness (QED) is 0.798. The number of benzene rings is 1. The van der Waals surface area contributed by atoms with Crippen molar-refractivity contribution in [3.8, 4) is 0 Å². The number of aliphatic hydroxyl groups excluding tert-OH is 1. The van der Waals surface area contributed by atoms with Crippen LogP contribution in [0.3, 0.4) is 0 Å². The smallest absolute Gasteiger partial charge is 0.0802 e. The average Bonchev–Trinajstić information content (AvgIpc) is 2.30. The van der Waals surface area contributed by atoms with Crippen molar-refractivity contribution in [1.29, 1.82) is 0 Å². The van der Waals surface area contributed by atoms with Crippen molar-refractivity contribution in [2.45, 2.75) is 33.3 Å². The van der Waals surface area contributed by atoms with Crippen LogP contribution in [0.15, 0.2) is 24.3 Å². The molecule has 1 rings (SSSR count). The highest BCUT2D eigenvalue weighted by Gasteiger charge is 2.09. The van der Waals surface area contributed by atoms with Crippen LogP contribution < -0.4 is 0 Å². The summed E-state index contributed by atoms with van der Waals surface area (Å²) in [6.45, 7) is 9.43. The molecule has 0 saturated carbocycles. The van der Waals surface area contributed by atoms with Gasteiger partial charge in [-0.05, 0) is 32.0 Å². The lowest BCUT2D eigenvalue weighted by molar-refractivity contribution is 0.145. The fraction of sp³-hybridized carbons (Fsp3) is 0.571. The topological polar surface area (TPSA) is 23.5 Å². The van der Waals surface area contributed by atoms with Crippen LogP contribution in [0.25, 0.3) is 0 Å². The Morgan fingerprint density at radius 2 is 1.94 bits per heavy atom. The van der Waals surface area contributed by atoms with E-state index in [1.165, 1.54) is 5.56 Å². The summed E-state index contributed by atoms with van der Waals surface area (Å²) >= 11 is 0. The Kier molecular flexibility index (Phi) is 5.50. The van der Waals surface area contributed by atoms with Crippen LogP contribution in [-0.2, 0) is 0 Å². The summed E-state index contributed by atoms with van der Waals surface area (Å²) in [7, 11) is 0. The molecule has 1 aromatic carbocycles. The molecule has 0 aromatic heterocycles. The number of hydrogen-bond acceptors (Lipinski definition) is 2. The summed E-state index contributed by atoms with van der Waals surface area (Å²) in [6.07, 6.45) is 0.478. The Labute approximate surface area is 98.9 Å². The zero-order valence-corrected chi connectivity index (χ0v) is 10.6. The Bertz CT molecular complexity index is 307. The summed E-state index contributed by atoms with van der Waals surface area (Å²) in [5.74, 6) is 0. The van der Waals surface area contributed by atoms with Crippen molar-refractivity contribution in [2.24, 2.45) is 0 Å². The molecule has 0 amide bonds. The van der Waals surface area contributed by atoms with E-state index < -0.39 is 0 Å². The fourth-order valence-corrected chi connectivity index (χ4v) is 1.89. The first-order valence-corrected chi connectivity index (χ1v) is 6.14. The van der Waals surface area contributed by atoms with Gasteiger partial charge in [0.15, 0.2) is 0 Å². The van der Waals surface area contributed by atoms with Gasteiger partial charge in [0.1, 0.15) is 0 Å². The Hall–Kier alpha value is -0.860. The second-order valence-corrected chi connectivity index (χ2v) is 4.25. The summed E-state index contributed by atoms with van der Waals surface area (Å²) in [4.78, 5) is 2.33. The van der Waals surface area contributed by atoms with Gasteiger partial charge in [-0.25, -0.2) is 0 Å². The van der Waals surface area contributed by atoms with E-state index in [1.54, 1.807) is 0 Å². The van der Waals surface area contributed by atoms with Gasteiger partial charge in [-0.1, -0.05) is 43.7 Å². The number of hydrogen-bond donors (Lipinski definition) is 1. The predicted octanol–water partition coefficient (Wildman–Crippen LogP) is 2.76. The van der Waals surface area contributed by atoms with E-state index in [0.29, 0.717) is 0 Å². The number of aryl methyl sites for hydroxylation is 1. The lowest BCUT2D eigenvalue weighted by Gasteiger charge is -2.20. The van der Waals surface area contributed by atoms with E-state index in [-0.39, 0.29) is 6.10 Å². The van der Waals surface area contributed by atoms with E-state index in [9.17, 15) is 5.11 Å². The number of aliphatic hydroxyl groups is 1. The lowest BCUT2D eigenvalue weighted by Crippen LogP contribution is -2.25. The highest BCUT2D eigenvalue weighted by Crippen LogP contribution is 2.17. The van der Waals surface area contributed by atoms with E-state index >= 15 is 0 Å². The molecule has 0 aliphatic rings. The number of nitrogens with zero attached hydrogens (tertiary/aromatic N) is 1. The molecule has 0 fully saturated rings. The summed E-state index contributed by atoms with van der Waals surface area (Å²) in [6, 6.07) is 8.12. The van der Waals surface area contributed by atoms with Crippen molar-refractivity contribution in [1.82, 2.24) is 4.90 Å². The monoisotopic (exact) mass is 221 g/mol. The Morgan fingerprint density at radius 1 is 1.25 bits per heavy atom. The van der Waals surface area contributed by atoms with Crippen LogP contribution in [0.2, 0.25) is 0 Å². The minimum Gasteiger partial charge on any atom is -0.388 e. The largest absolute Gasteiger partial charge is 0.388 e. The molecule has 1 atom stereocenters. The molecule has 16 heavy (non-hydrogen) atoms. The van der Waals surface area contributed by atoms with Crippen molar-refractivity contribution in [3.05, 3.63) is 35.4 Å². The molecule has 2 nitrogen and oxygen atoms in total. The average molecular weight is 221 g/mol. The molecule has 0 heterocycles. The van der Waals surface area contributed by atoms with Gasteiger partial charge in [0.05, 0.1) is 6.10 Å². The minimum atomic E-state index is -0.333. The maximum atomic E-state index is 10.1. The zero-order valence-electron chi connectivity index (χ0n) is 10.6. The molecule has 1 unspecified atom stereocenters. The van der Waals surface area contributed by atoms with Gasteiger partial charge < -0.3 is 10.0 Å². The third-order valence-electron chi connectivity index (χ3n) is 3.04.